The third kappa shape index (κ3) is 2.29. The first-order valence-electron chi connectivity index (χ1n) is 6.79. The van der Waals surface area contributed by atoms with E-state index in [1.54, 1.807) is 42.3 Å². The van der Waals surface area contributed by atoms with Crippen molar-refractivity contribution in [2.24, 2.45) is 0 Å². The Kier molecular flexibility index (Phi) is 3.44. The zero-order valence-corrected chi connectivity index (χ0v) is 11.7. The molecule has 1 amide bonds. The van der Waals surface area contributed by atoms with E-state index in [-0.39, 0.29) is 11.7 Å². The van der Waals surface area contributed by atoms with Crippen LogP contribution in [0.5, 0.6) is 5.75 Å². The fourth-order valence-electron chi connectivity index (χ4n) is 2.59. The summed E-state index contributed by atoms with van der Waals surface area (Å²) >= 11 is 0. The molecule has 0 saturated heterocycles. The van der Waals surface area contributed by atoms with Crippen molar-refractivity contribution in [1.82, 2.24) is 0 Å². The highest BCUT2D eigenvalue weighted by Gasteiger charge is 2.30. The van der Waals surface area contributed by atoms with E-state index in [4.69, 9.17) is 4.74 Å². The van der Waals surface area contributed by atoms with Crippen LogP contribution < -0.4 is 9.64 Å². The number of rotatable bonds is 2. The molecule has 0 aliphatic carbocycles. The Hall–Kier alpha value is -2.62. The number of benzene rings is 2. The minimum absolute atomic E-state index is 0.0426. The van der Waals surface area contributed by atoms with Crippen molar-refractivity contribution in [3.05, 3.63) is 59.7 Å². The molecule has 106 valence electrons. The van der Waals surface area contributed by atoms with Crippen LogP contribution in [0.15, 0.2) is 48.5 Å². The Balaban J connectivity index is 2.09. The van der Waals surface area contributed by atoms with Gasteiger partial charge >= 0.3 is 0 Å². The molecule has 21 heavy (non-hydrogen) atoms. The fourth-order valence-corrected chi connectivity index (χ4v) is 2.59. The van der Waals surface area contributed by atoms with E-state index in [2.05, 4.69) is 0 Å². The minimum Gasteiger partial charge on any atom is -0.495 e. The highest BCUT2D eigenvalue weighted by Crippen LogP contribution is 2.36. The third-order valence-corrected chi connectivity index (χ3v) is 3.62. The van der Waals surface area contributed by atoms with E-state index in [0.29, 0.717) is 35.5 Å². The van der Waals surface area contributed by atoms with Crippen LogP contribution in [0.25, 0.3) is 0 Å². The van der Waals surface area contributed by atoms with Gasteiger partial charge < -0.3 is 9.64 Å². The molecule has 1 aliphatic rings. The molecule has 3 rings (SSSR count). The van der Waals surface area contributed by atoms with E-state index in [1.165, 1.54) is 0 Å². The maximum atomic E-state index is 12.7. The topological polar surface area (TPSA) is 46.6 Å². The van der Waals surface area contributed by atoms with E-state index in [9.17, 15) is 9.59 Å². The molecule has 0 unspecified atom stereocenters. The molecule has 2 aromatic carbocycles. The van der Waals surface area contributed by atoms with Crippen molar-refractivity contribution in [1.29, 1.82) is 0 Å². The Morgan fingerprint density at radius 3 is 2.57 bits per heavy atom. The molecular formula is C17H15NO3. The summed E-state index contributed by atoms with van der Waals surface area (Å²) in [6.07, 6.45) is 0.332. The van der Waals surface area contributed by atoms with E-state index >= 15 is 0 Å². The lowest BCUT2D eigenvalue weighted by Gasteiger charge is -2.30. The van der Waals surface area contributed by atoms with Gasteiger partial charge in [0.25, 0.3) is 5.91 Å². The average Bonchev–Trinajstić information content (AvgIpc) is 2.55. The predicted molar refractivity (Wildman–Crippen MR) is 80.1 cm³/mol. The van der Waals surface area contributed by atoms with Gasteiger partial charge in [0, 0.05) is 24.1 Å². The van der Waals surface area contributed by atoms with Gasteiger partial charge in [-0.15, -0.1) is 0 Å². The van der Waals surface area contributed by atoms with Gasteiger partial charge in [-0.1, -0.05) is 24.3 Å². The van der Waals surface area contributed by atoms with Crippen LogP contribution in [0.3, 0.4) is 0 Å². The first-order valence-corrected chi connectivity index (χ1v) is 6.79. The second-order valence-electron chi connectivity index (χ2n) is 4.85. The molecule has 0 aromatic heterocycles. The zero-order chi connectivity index (χ0) is 14.8. The van der Waals surface area contributed by atoms with Crippen molar-refractivity contribution < 1.29 is 14.3 Å². The second-order valence-corrected chi connectivity index (χ2v) is 4.85. The predicted octanol–water partition coefficient (Wildman–Crippen LogP) is 2.93. The van der Waals surface area contributed by atoms with Crippen LogP contribution in [-0.2, 0) is 0 Å². The summed E-state index contributed by atoms with van der Waals surface area (Å²) in [5.74, 6) is 0.472. The van der Waals surface area contributed by atoms with Crippen molar-refractivity contribution in [3.63, 3.8) is 0 Å². The molecule has 0 fully saturated rings. The summed E-state index contributed by atoms with van der Waals surface area (Å²) in [5, 5.41) is 0. The number of hydrogen-bond donors (Lipinski definition) is 0. The number of methoxy groups -OCH3 is 1. The van der Waals surface area contributed by atoms with Gasteiger partial charge in [0.15, 0.2) is 5.78 Å². The quantitative estimate of drug-likeness (QED) is 0.850. The SMILES string of the molecule is COc1cccc2c1N(C(=O)c1ccccc1)CCC2=O. The smallest absolute Gasteiger partial charge is 0.258 e. The molecule has 0 radical (unpaired) electrons. The summed E-state index contributed by atoms with van der Waals surface area (Å²) in [6, 6.07) is 14.3. The van der Waals surface area contributed by atoms with Crippen LogP contribution >= 0.6 is 0 Å². The van der Waals surface area contributed by atoms with Crippen LogP contribution in [-0.4, -0.2) is 25.3 Å². The number of ketones is 1. The molecular weight excluding hydrogens is 266 g/mol. The second kappa shape index (κ2) is 5.40. The van der Waals surface area contributed by atoms with Crippen LogP contribution in [0.1, 0.15) is 27.1 Å². The number of hydrogen-bond acceptors (Lipinski definition) is 3. The number of nitrogens with zero attached hydrogens (tertiary/aromatic N) is 1. The third-order valence-electron chi connectivity index (χ3n) is 3.62. The first-order chi connectivity index (χ1) is 10.2. The van der Waals surface area contributed by atoms with Crippen molar-refractivity contribution in [2.75, 3.05) is 18.6 Å². The first kappa shape index (κ1) is 13.4. The number of carbonyl (C=O) groups is 2. The number of anilines is 1. The summed E-state index contributed by atoms with van der Waals surface area (Å²) in [5.41, 5.74) is 1.72. The molecule has 1 aliphatic heterocycles. The Morgan fingerprint density at radius 2 is 1.86 bits per heavy atom. The molecule has 0 saturated carbocycles. The van der Waals surface area contributed by atoms with Crippen LogP contribution in [0.2, 0.25) is 0 Å². The lowest BCUT2D eigenvalue weighted by atomic mass is 9.98. The summed E-state index contributed by atoms with van der Waals surface area (Å²) < 4.78 is 5.33. The minimum atomic E-state index is -0.117. The molecule has 1 heterocycles. The van der Waals surface area contributed by atoms with Crippen molar-refractivity contribution in [2.45, 2.75) is 6.42 Å². The summed E-state index contributed by atoms with van der Waals surface area (Å²) in [4.78, 5) is 26.4. The van der Waals surface area contributed by atoms with Gasteiger partial charge in [-0.2, -0.15) is 0 Å². The van der Waals surface area contributed by atoms with Gasteiger partial charge in [-0.3, -0.25) is 9.59 Å². The van der Waals surface area contributed by atoms with Crippen LogP contribution in [0.4, 0.5) is 5.69 Å². The maximum absolute atomic E-state index is 12.7. The van der Waals surface area contributed by atoms with E-state index < -0.39 is 0 Å². The van der Waals surface area contributed by atoms with E-state index in [0.717, 1.165) is 0 Å². The number of Topliss-reactive ketones (excluding diaryl/α,β-unsaturated/α-hetero) is 1. The lowest BCUT2D eigenvalue weighted by molar-refractivity contribution is 0.0954. The largest absolute Gasteiger partial charge is 0.495 e. The normalized spacial score (nSPS) is 13.8. The van der Waals surface area contributed by atoms with Crippen molar-refractivity contribution >= 4 is 17.4 Å². The summed E-state index contributed by atoms with van der Waals surface area (Å²) in [7, 11) is 1.54. The van der Waals surface area contributed by atoms with Gasteiger partial charge in [-0.25, -0.2) is 0 Å². The van der Waals surface area contributed by atoms with Crippen LogP contribution in [0, 0.1) is 0 Å². The molecule has 4 heteroatoms. The summed E-state index contributed by atoms with van der Waals surface area (Å²) in [6.45, 7) is 0.375. The molecule has 0 N–H and O–H groups in total. The Labute approximate surface area is 123 Å². The Morgan fingerprint density at radius 1 is 1.10 bits per heavy atom. The molecule has 0 bridgehead atoms. The molecule has 4 nitrogen and oxygen atoms in total. The maximum Gasteiger partial charge on any atom is 0.258 e. The van der Waals surface area contributed by atoms with Gasteiger partial charge in [0.05, 0.1) is 12.8 Å². The Bertz CT molecular complexity index is 694. The van der Waals surface area contributed by atoms with Gasteiger partial charge in [0.2, 0.25) is 0 Å². The monoisotopic (exact) mass is 281 g/mol. The zero-order valence-electron chi connectivity index (χ0n) is 11.7. The van der Waals surface area contributed by atoms with Gasteiger partial charge in [0.1, 0.15) is 5.75 Å². The highest BCUT2D eigenvalue weighted by molar-refractivity contribution is 6.14. The molecule has 2 aromatic rings. The number of para-hydroxylation sites is 1. The van der Waals surface area contributed by atoms with E-state index in [1.807, 2.05) is 18.2 Å². The molecule has 0 atom stereocenters. The fraction of sp³-hybridized carbons (Fsp3) is 0.176. The van der Waals surface area contributed by atoms with Gasteiger partial charge in [-0.05, 0) is 24.3 Å². The number of amides is 1. The number of ether oxygens (including phenoxy) is 1. The molecule has 0 spiro atoms. The number of carbonyl (C=O) groups excluding carboxylic acids is 2. The van der Waals surface area contributed by atoms with Crippen molar-refractivity contribution in [3.8, 4) is 5.75 Å². The average molecular weight is 281 g/mol. The number of fused-ring (bicyclic) bond motifs is 1. The highest BCUT2D eigenvalue weighted by atomic mass is 16.5. The standard InChI is InChI=1S/C17H15NO3/c1-21-15-9-5-8-13-14(19)10-11-18(16(13)15)17(20)12-6-3-2-4-7-12/h2-9H,10-11H2,1H3. The lowest BCUT2D eigenvalue weighted by Crippen LogP contribution is -2.37.